The summed E-state index contributed by atoms with van der Waals surface area (Å²) in [4.78, 5) is 0. The molecule has 0 aromatic carbocycles. The molecule has 0 bridgehead atoms. The minimum atomic E-state index is -2.17. The number of rotatable bonds is 1. The SMILES string of the molecule is OB(O)O.[Cl][Zr][CH]1C=CC=C1. The van der Waals surface area contributed by atoms with Crippen molar-refractivity contribution in [3.63, 3.8) is 0 Å². The van der Waals surface area contributed by atoms with Crippen molar-refractivity contribution in [2.75, 3.05) is 0 Å². The van der Waals surface area contributed by atoms with Gasteiger partial charge < -0.3 is 15.1 Å². The van der Waals surface area contributed by atoms with Crippen LogP contribution in [0.15, 0.2) is 24.3 Å². The standard InChI is InChI=1S/C5H5.BH3O3.ClH.Zr/c1-2-4-5-3-1;2-1(3)4;;/h1-5H;2-4H;1H;/q;;;+1/p-1. The van der Waals surface area contributed by atoms with Gasteiger partial charge in [-0.3, -0.25) is 0 Å². The van der Waals surface area contributed by atoms with Crippen LogP contribution in [0.1, 0.15) is 0 Å². The van der Waals surface area contributed by atoms with Gasteiger partial charge in [-0.1, -0.05) is 0 Å². The molecule has 0 radical (unpaired) electrons. The van der Waals surface area contributed by atoms with E-state index in [0.717, 1.165) is 0 Å². The first-order chi connectivity index (χ1) is 5.16. The maximum absolute atomic E-state index is 7.17. The van der Waals surface area contributed by atoms with E-state index in [1.54, 1.807) is 0 Å². The van der Waals surface area contributed by atoms with Crippen molar-refractivity contribution < 1.29 is 37.1 Å². The van der Waals surface area contributed by atoms with Crippen LogP contribution < -0.4 is 0 Å². The first-order valence-electron chi connectivity index (χ1n) is 2.92. The Balaban J connectivity index is 0.000000218. The zero-order valence-electron chi connectivity index (χ0n) is 5.68. The second-order valence-electron chi connectivity index (χ2n) is 1.75. The Bertz CT molecular complexity index is 136. The molecule has 0 saturated carbocycles. The zero-order chi connectivity index (χ0) is 8.69. The summed E-state index contributed by atoms with van der Waals surface area (Å²) in [6, 6.07) is 0. The third-order valence-corrected chi connectivity index (χ3v) is 3.93. The molecule has 0 spiro atoms. The Morgan fingerprint density at radius 3 is 1.73 bits per heavy atom. The van der Waals surface area contributed by atoms with E-state index in [0.29, 0.717) is 3.63 Å². The Kier molecular flexibility index (Phi) is 7.65. The number of hydrogen-bond donors (Lipinski definition) is 3. The Morgan fingerprint density at radius 2 is 1.55 bits per heavy atom. The normalized spacial score (nSPS) is 14.2. The molecule has 1 aliphatic carbocycles. The van der Waals surface area contributed by atoms with Crippen LogP contribution in [-0.4, -0.2) is 22.4 Å². The fraction of sp³-hybridized carbons (Fsp3) is 0.200. The van der Waals surface area contributed by atoms with E-state index in [2.05, 4.69) is 24.3 Å². The van der Waals surface area contributed by atoms with Crippen LogP contribution in [0.4, 0.5) is 0 Å². The Hall–Kier alpha value is 0.598. The second-order valence-corrected chi connectivity index (χ2v) is 5.22. The van der Waals surface area contributed by atoms with Gasteiger partial charge in [0.25, 0.3) is 0 Å². The summed E-state index contributed by atoms with van der Waals surface area (Å²) in [5.74, 6) is 0. The molecule has 1 rings (SSSR count). The molecule has 0 atom stereocenters. The molecule has 3 nitrogen and oxygen atoms in total. The predicted octanol–water partition coefficient (Wildman–Crippen LogP) is 0.0854. The number of hydrogen-bond acceptors (Lipinski definition) is 3. The Morgan fingerprint density at radius 1 is 1.18 bits per heavy atom. The first kappa shape index (κ1) is 11.6. The van der Waals surface area contributed by atoms with Crippen molar-refractivity contribution in [1.82, 2.24) is 0 Å². The molecule has 60 valence electrons. The molecule has 0 aromatic heterocycles. The summed E-state index contributed by atoms with van der Waals surface area (Å²) in [6.07, 6.45) is 8.46. The molecule has 0 heterocycles. The molecule has 0 fully saturated rings. The van der Waals surface area contributed by atoms with Crippen LogP contribution >= 0.6 is 8.51 Å². The molecule has 0 amide bonds. The summed E-state index contributed by atoms with van der Waals surface area (Å²) in [5, 5.41) is 21.5. The van der Waals surface area contributed by atoms with Crippen LogP contribution in [-0.2, 0) is 22.0 Å². The third-order valence-electron chi connectivity index (χ3n) is 0.874. The van der Waals surface area contributed by atoms with E-state index in [1.165, 1.54) is 0 Å². The average Bonchev–Trinajstić information content (AvgIpc) is 2.36. The molecule has 0 aliphatic heterocycles. The molecule has 0 saturated heterocycles. The quantitative estimate of drug-likeness (QED) is 0.580. The molecule has 0 aromatic rings. The molecule has 3 N–H and O–H groups in total. The van der Waals surface area contributed by atoms with Crippen LogP contribution in [0.3, 0.4) is 0 Å². The second kappa shape index (κ2) is 7.26. The minimum absolute atomic E-state index is 0.541. The zero-order valence-corrected chi connectivity index (χ0v) is 8.90. The van der Waals surface area contributed by atoms with Gasteiger partial charge in [0.05, 0.1) is 0 Å². The van der Waals surface area contributed by atoms with Crippen molar-refractivity contribution in [2.45, 2.75) is 3.63 Å². The summed E-state index contributed by atoms with van der Waals surface area (Å²) in [5.41, 5.74) is 0. The van der Waals surface area contributed by atoms with Crippen molar-refractivity contribution in [3.8, 4) is 0 Å². The molecule has 1 aliphatic rings. The van der Waals surface area contributed by atoms with E-state index in [1.807, 2.05) is 0 Å². The maximum atomic E-state index is 7.17. The van der Waals surface area contributed by atoms with Gasteiger partial charge in [0.15, 0.2) is 0 Å². The monoisotopic (exact) mass is 252 g/mol. The third kappa shape index (κ3) is 8.50. The van der Waals surface area contributed by atoms with Crippen LogP contribution in [0, 0.1) is 0 Å². The van der Waals surface area contributed by atoms with E-state index < -0.39 is 29.4 Å². The molecular weight excluding hydrogens is 246 g/mol. The number of halogens is 1. The number of allylic oxidation sites excluding steroid dienone is 4. The fourth-order valence-corrected chi connectivity index (χ4v) is 2.27. The van der Waals surface area contributed by atoms with Gasteiger partial charge in [0.1, 0.15) is 0 Å². The molecular formula is C5H8BClO3Zr. The first-order valence-corrected chi connectivity index (χ1v) is 7.50. The molecule has 6 heteroatoms. The summed E-state index contributed by atoms with van der Waals surface area (Å²) >= 11 is -0.541. The van der Waals surface area contributed by atoms with Gasteiger partial charge in [0.2, 0.25) is 0 Å². The van der Waals surface area contributed by atoms with E-state index in [4.69, 9.17) is 23.6 Å². The van der Waals surface area contributed by atoms with Crippen molar-refractivity contribution in [1.29, 1.82) is 0 Å². The molecule has 11 heavy (non-hydrogen) atoms. The predicted molar refractivity (Wildman–Crippen MR) is 40.3 cm³/mol. The Labute approximate surface area is 80.7 Å². The van der Waals surface area contributed by atoms with Crippen LogP contribution in [0.5, 0.6) is 0 Å². The average molecular weight is 254 g/mol. The topological polar surface area (TPSA) is 60.7 Å². The summed E-state index contributed by atoms with van der Waals surface area (Å²) < 4.78 is 0.672. The van der Waals surface area contributed by atoms with E-state index in [-0.39, 0.29) is 0 Å². The van der Waals surface area contributed by atoms with Crippen molar-refractivity contribution in [2.24, 2.45) is 0 Å². The van der Waals surface area contributed by atoms with Crippen LogP contribution in [0.25, 0.3) is 0 Å². The van der Waals surface area contributed by atoms with Gasteiger partial charge in [-0.05, 0) is 0 Å². The van der Waals surface area contributed by atoms with Gasteiger partial charge >= 0.3 is 65.8 Å². The van der Waals surface area contributed by atoms with Gasteiger partial charge in [0, 0.05) is 0 Å². The summed E-state index contributed by atoms with van der Waals surface area (Å²) in [6.45, 7) is 0. The van der Waals surface area contributed by atoms with Crippen LogP contribution in [0.2, 0.25) is 3.63 Å². The van der Waals surface area contributed by atoms with E-state index >= 15 is 0 Å². The van der Waals surface area contributed by atoms with Crippen molar-refractivity contribution >= 4 is 15.8 Å². The summed E-state index contributed by atoms with van der Waals surface area (Å²) in [7, 11) is 3.51. The molecule has 0 unspecified atom stereocenters. The van der Waals surface area contributed by atoms with Gasteiger partial charge in [-0.15, -0.1) is 0 Å². The van der Waals surface area contributed by atoms with Crippen molar-refractivity contribution in [3.05, 3.63) is 24.3 Å². The van der Waals surface area contributed by atoms with E-state index in [9.17, 15) is 0 Å². The van der Waals surface area contributed by atoms with Gasteiger partial charge in [-0.2, -0.15) is 0 Å². The van der Waals surface area contributed by atoms with Gasteiger partial charge in [-0.25, -0.2) is 0 Å². The fourth-order valence-electron chi connectivity index (χ4n) is 0.505.